The van der Waals surface area contributed by atoms with E-state index in [0.29, 0.717) is 0 Å². The molecule has 0 saturated carbocycles. The van der Waals surface area contributed by atoms with Crippen molar-refractivity contribution in [1.29, 1.82) is 0 Å². The monoisotopic (exact) mass is 718 g/mol. The first-order valence-corrected chi connectivity index (χ1v) is 20.1. The molecule has 8 aromatic carbocycles. The van der Waals surface area contributed by atoms with Gasteiger partial charge in [0.15, 0.2) is 0 Å². The molecule has 0 atom stereocenters. The van der Waals surface area contributed by atoms with E-state index in [0.717, 1.165) is 29.2 Å². The zero-order valence-corrected chi connectivity index (χ0v) is 31.8. The number of aryl methyl sites for hydroxylation is 2. The summed E-state index contributed by atoms with van der Waals surface area (Å²) in [7, 11) is 0. The summed E-state index contributed by atoms with van der Waals surface area (Å²) in [6.07, 6.45) is 3.53. The molecule has 0 bridgehead atoms. The quantitative estimate of drug-likeness (QED) is 0.159. The van der Waals surface area contributed by atoms with Gasteiger partial charge in [-0.1, -0.05) is 128 Å². The van der Waals surface area contributed by atoms with Gasteiger partial charge in [0.1, 0.15) is 0 Å². The van der Waals surface area contributed by atoms with Crippen LogP contribution in [0.15, 0.2) is 182 Å². The maximum absolute atomic E-state index is 2.47. The van der Waals surface area contributed by atoms with E-state index in [2.05, 4.69) is 205 Å². The Balaban J connectivity index is 1.08. The van der Waals surface area contributed by atoms with Crippen LogP contribution in [0.1, 0.15) is 53.1 Å². The standard InChI is InChI=1S/C54H42N2/c1-3-4-14-37-24-32-53-47(34-37)46-33-36(2)23-31-52(46)56(53)40-27-25-39(26-28-40)55(38-15-6-5-7-16-38)41-29-30-45-44-19-10-13-22-50(44)54(51(45)35-41)48-20-11-8-17-42(48)43-18-9-12-21-49(43)54/h5-13,15-35H,3-4,14H2,1-2H3. The van der Waals surface area contributed by atoms with Crippen LogP contribution in [0.2, 0.25) is 0 Å². The summed E-state index contributed by atoms with van der Waals surface area (Å²) in [5, 5.41) is 2.65. The molecule has 9 aromatic rings. The van der Waals surface area contributed by atoms with Gasteiger partial charge < -0.3 is 9.47 Å². The first kappa shape index (κ1) is 32.8. The number of nitrogens with zero attached hydrogens (tertiary/aromatic N) is 2. The average Bonchev–Trinajstić information content (AvgIpc) is 3.85. The molecule has 0 fully saturated rings. The van der Waals surface area contributed by atoms with E-state index < -0.39 is 5.41 Å². The summed E-state index contributed by atoms with van der Waals surface area (Å²) in [6.45, 7) is 4.46. The number of hydrogen-bond donors (Lipinski definition) is 0. The molecular formula is C54H42N2. The number of fused-ring (bicyclic) bond motifs is 13. The predicted octanol–water partition coefficient (Wildman–Crippen LogP) is 14.2. The minimum atomic E-state index is -0.396. The van der Waals surface area contributed by atoms with E-state index >= 15 is 0 Å². The van der Waals surface area contributed by atoms with E-state index in [9.17, 15) is 0 Å². The highest BCUT2D eigenvalue weighted by Gasteiger charge is 2.51. The molecule has 56 heavy (non-hydrogen) atoms. The van der Waals surface area contributed by atoms with Crippen LogP contribution in [0, 0.1) is 6.92 Å². The van der Waals surface area contributed by atoms with Crippen molar-refractivity contribution in [1.82, 2.24) is 4.57 Å². The zero-order chi connectivity index (χ0) is 37.4. The highest BCUT2D eigenvalue weighted by Crippen LogP contribution is 2.63. The summed E-state index contributed by atoms with van der Waals surface area (Å²) < 4.78 is 2.44. The molecule has 0 N–H and O–H groups in total. The lowest BCUT2D eigenvalue weighted by molar-refractivity contribution is 0.793. The minimum Gasteiger partial charge on any atom is -0.310 e. The van der Waals surface area contributed by atoms with Crippen molar-refractivity contribution in [2.24, 2.45) is 0 Å². The molecule has 0 aliphatic heterocycles. The van der Waals surface area contributed by atoms with Crippen LogP contribution in [0.5, 0.6) is 0 Å². The third kappa shape index (κ3) is 4.69. The van der Waals surface area contributed by atoms with Crippen LogP contribution < -0.4 is 4.90 Å². The van der Waals surface area contributed by atoms with Gasteiger partial charge in [-0.15, -0.1) is 0 Å². The van der Waals surface area contributed by atoms with Crippen molar-refractivity contribution < 1.29 is 0 Å². The fraction of sp³-hybridized carbons (Fsp3) is 0.111. The number of para-hydroxylation sites is 1. The van der Waals surface area contributed by atoms with Gasteiger partial charge in [-0.3, -0.25) is 0 Å². The molecule has 1 heterocycles. The molecule has 1 spiro atoms. The van der Waals surface area contributed by atoms with Gasteiger partial charge in [-0.25, -0.2) is 0 Å². The van der Waals surface area contributed by atoms with Gasteiger partial charge in [0.2, 0.25) is 0 Å². The molecule has 2 nitrogen and oxygen atoms in total. The van der Waals surface area contributed by atoms with Crippen molar-refractivity contribution in [3.63, 3.8) is 0 Å². The van der Waals surface area contributed by atoms with Gasteiger partial charge in [-0.2, -0.15) is 0 Å². The Morgan fingerprint density at radius 1 is 0.464 bits per heavy atom. The average molecular weight is 719 g/mol. The second-order valence-electron chi connectivity index (χ2n) is 15.6. The highest BCUT2D eigenvalue weighted by molar-refractivity contribution is 6.10. The summed E-state index contributed by atoms with van der Waals surface area (Å²) >= 11 is 0. The molecule has 1 aromatic heterocycles. The smallest absolute Gasteiger partial charge is 0.0726 e. The fourth-order valence-corrected chi connectivity index (χ4v) is 10.00. The number of unbranched alkanes of at least 4 members (excludes halogenated alkanes) is 1. The van der Waals surface area contributed by atoms with Gasteiger partial charge in [-0.05, 0) is 143 Å². The van der Waals surface area contributed by atoms with Gasteiger partial charge in [0.25, 0.3) is 0 Å². The summed E-state index contributed by atoms with van der Waals surface area (Å²) in [5.74, 6) is 0. The second-order valence-corrected chi connectivity index (χ2v) is 15.6. The number of rotatable bonds is 7. The Bertz CT molecular complexity index is 2900. The Hall–Kier alpha value is -6.64. The van der Waals surface area contributed by atoms with E-state index in [1.807, 2.05) is 0 Å². The Kier molecular flexibility index (Phi) is 7.44. The van der Waals surface area contributed by atoms with Crippen molar-refractivity contribution in [2.45, 2.75) is 38.5 Å². The molecule has 11 rings (SSSR count). The number of benzene rings is 8. The Morgan fingerprint density at radius 3 is 1.64 bits per heavy atom. The topological polar surface area (TPSA) is 8.17 Å². The van der Waals surface area contributed by atoms with Gasteiger partial charge >= 0.3 is 0 Å². The van der Waals surface area contributed by atoms with Crippen LogP contribution >= 0.6 is 0 Å². The van der Waals surface area contributed by atoms with Crippen LogP contribution in [0.25, 0.3) is 49.7 Å². The summed E-state index contributed by atoms with van der Waals surface area (Å²) in [4.78, 5) is 2.42. The van der Waals surface area contributed by atoms with Crippen molar-refractivity contribution in [3.05, 3.63) is 215 Å². The molecule has 2 aliphatic rings. The summed E-state index contributed by atoms with van der Waals surface area (Å²) in [6, 6.07) is 68.2. The first-order chi connectivity index (χ1) is 27.6. The van der Waals surface area contributed by atoms with Crippen LogP contribution in [-0.4, -0.2) is 4.57 Å². The number of hydrogen-bond acceptors (Lipinski definition) is 1. The van der Waals surface area contributed by atoms with Crippen LogP contribution in [0.3, 0.4) is 0 Å². The van der Waals surface area contributed by atoms with E-state index in [1.54, 1.807) is 0 Å². The Labute approximate surface area is 328 Å². The zero-order valence-electron chi connectivity index (χ0n) is 31.8. The number of aromatic nitrogens is 1. The number of anilines is 3. The van der Waals surface area contributed by atoms with Crippen LogP contribution in [0.4, 0.5) is 17.1 Å². The third-order valence-corrected chi connectivity index (χ3v) is 12.4. The normalized spacial score (nSPS) is 13.2. The molecule has 0 unspecified atom stereocenters. The van der Waals surface area contributed by atoms with E-state index in [4.69, 9.17) is 0 Å². The SMILES string of the molecule is CCCCc1ccc2c(c1)c1cc(C)ccc1n2-c1ccc(N(c2ccccc2)c2ccc3c(c2)C2(c4ccccc4-c4ccccc42)c2ccccc2-3)cc1. The highest BCUT2D eigenvalue weighted by atomic mass is 15.1. The van der Waals surface area contributed by atoms with E-state index in [-0.39, 0.29) is 0 Å². The van der Waals surface area contributed by atoms with Crippen LogP contribution in [-0.2, 0) is 11.8 Å². The largest absolute Gasteiger partial charge is 0.310 e. The maximum Gasteiger partial charge on any atom is 0.0726 e. The van der Waals surface area contributed by atoms with Gasteiger partial charge in [0, 0.05) is 33.5 Å². The molecule has 268 valence electrons. The lowest BCUT2D eigenvalue weighted by atomic mass is 9.70. The lowest BCUT2D eigenvalue weighted by Gasteiger charge is -2.32. The lowest BCUT2D eigenvalue weighted by Crippen LogP contribution is -2.26. The fourth-order valence-electron chi connectivity index (χ4n) is 10.00. The van der Waals surface area contributed by atoms with Crippen molar-refractivity contribution in [3.8, 4) is 27.9 Å². The molecule has 0 radical (unpaired) electrons. The van der Waals surface area contributed by atoms with E-state index in [1.165, 1.54) is 90.3 Å². The minimum absolute atomic E-state index is 0.396. The summed E-state index contributed by atoms with van der Waals surface area (Å²) in [5.41, 5.74) is 20.0. The molecular weight excluding hydrogens is 677 g/mol. The molecule has 2 heteroatoms. The third-order valence-electron chi connectivity index (χ3n) is 12.4. The predicted molar refractivity (Wildman–Crippen MR) is 235 cm³/mol. The van der Waals surface area contributed by atoms with Crippen molar-refractivity contribution >= 4 is 38.9 Å². The van der Waals surface area contributed by atoms with Gasteiger partial charge in [0.05, 0.1) is 16.4 Å². The molecule has 2 aliphatic carbocycles. The first-order valence-electron chi connectivity index (χ1n) is 20.1. The Morgan fingerprint density at radius 2 is 1.00 bits per heavy atom. The maximum atomic E-state index is 2.47. The van der Waals surface area contributed by atoms with Crippen molar-refractivity contribution in [2.75, 3.05) is 4.90 Å². The molecule has 0 amide bonds. The molecule has 0 saturated heterocycles. The second kappa shape index (κ2) is 12.7.